The predicted molar refractivity (Wildman–Crippen MR) is 77.7 cm³/mol. The van der Waals surface area contributed by atoms with Gasteiger partial charge in [-0.25, -0.2) is 0 Å². The molecule has 1 atom stereocenters. The summed E-state index contributed by atoms with van der Waals surface area (Å²) in [7, 11) is 3.31. The van der Waals surface area contributed by atoms with Crippen molar-refractivity contribution in [1.82, 2.24) is 10.6 Å². The molecule has 19 heavy (non-hydrogen) atoms. The van der Waals surface area contributed by atoms with Crippen molar-refractivity contribution in [2.75, 3.05) is 14.2 Å². The number of ether oxygens (including phenoxy) is 1. The summed E-state index contributed by atoms with van der Waals surface area (Å²) >= 11 is 12.4. The lowest BCUT2D eigenvalue weighted by Gasteiger charge is -2.23. The van der Waals surface area contributed by atoms with Gasteiger partial charge in [-0.2, -0.15) is 4.99 Å². The molecule has 5 nitrogen and oxygen atoms in total. The van der Waals surface area contributed by atoms with Crippen LogP contribution >= 0.6 is 23.2 Å². The number of guanidine groups is 1. The van der Waals surface area contributed by atoms with Crippen molar-refractivity contribution in [3.63, 3.8) is 0 Å². The summed E-state index contributed by atoms with van der Waals surface area (Å²) in [5.74, 6) is 1.52. The van der Waals surface area contributed by atoms with E-state index in [4.69, 9.17) is 33.7 Å². The SMILES string of the molecule is CNC1=CC(c2cc(Cl)c(OC)cc2Cl)NC(N)=N1. The molecule has 102 valence electrons. The number of benzene rings is 1. The first-order valence-corrected chi connectivity index (χ1v) is 6.34. The lowest BCUT2D eigenvalue weighted by molar-refractivity contribution is 0.415. The Labute approximate surface area is 121 Å². The maximum Gasteiger partial charge on any atom is 0.195 e. The Kier molecular flexibility index (Phi) is 4.07. The highest BCUT2D eigenvalue weighted by molar-refractivity contribution is 6.34. The van der Waals surface area contributed by atoms with Gasteiger partial charge in [-0.15, -0.1) is 0 Å². The molecule has 1 unspecified atom stereocenters. The van der Waals surface area contributed by atoms with Gasteiger partial charge in [0.05, 0.1) is 18.2 Å². The molecule has 2 rings (SSSR count). The molecule has 0 spiro atoms. The van der Waals surface area contributed by atoms with Gasteiger partial charge in [0, 0.05) is 18.1 Å². The van der Waals surface area contributed by atoms with Crippen LogP contribution in [0.3, 0.4) is 0 Å². The van der Waals surface area contributed by atoms with E-state index in [1.807, 2.05) is 6.08 Å². The quantitative estimate of drug-likeness (QED) is 0.799. The van der Waals surface area contributed by atoms with Crippen molar-refractivity contribution >= 4 is 29.2 Å². The Morgan fingerprint density at radius 1 is 1.37 bits per heavy atom. The molecule has 0 amide bonds. The van der Waals surface area contributed by atoms with Crippen molar-refractivity contribution in [2.45, 2.75) is 6.04 Å². The second-order valence-corrected chi connectivity index (χ2v) is 4.74. The first-order valence-electron chi connectivity index (χ1n) is 5.58. The van der Waals surface area contributed by atoms with Crippen molar-refractivity contribution in [1.29, 1.82) is 0 Å². The topological polar surface area (TPSA) is 71.7 Å². The van der Waals surface area contributed by atoms with E-state index < -0.39 is 0 Å². The van der Waals surface area contributed by atoms with Crippen molar-refractivity contribution < 1.29 is 4.74 Å². The molecule has 0 fully saturated rings. The smallest absolute Gasteiger partial charge is 0.195 e. The molecule has 1 aromatic carbocycles. The van der Waals surface area contributed by atoms with Gasteiger partial charge in [0.1, 0.15) is 11.6 Å². The van der Waals surface area contributed by atoms with Crippen LogP contribution in [0.1, 0.15) is 11.6 Å². The monoisotopic (exact) mass is 300 g/mol. The summed E-state index contributed by atoms with van der Waals surface area (Å²) in [6, 6.07) is 3.23. The summed E-state index contributed by atoms with van der Waals surface area (Å²) in [6.07, 6.45) is 1.88. The highest BCUT2D eigenvalue weighted by Crippen LogP contribution is 2.35. The highest BCUT2D eigenvalue weighted by Gasteiger charge is 2.19. The van der Waals surface area contributed by atoms with Gasteiger partial charge in [0.25, 0.3) is 0 Å². The molecule has 0 radical (unpaired) electrons. The second kappa shape index (κ2) is 5.59. The molecule has 1 aliphatic rings. The summed E-state index contributed by atoms with van der Waals surface area (Å²) < 4.78 is 5.12. The molecule has 7 heteroatoms. The number of methoxy groups -OCH3 is 1. The zero-order valence-electron chi connectivity index (χ0n) is 10.5. The van der Waals surface area contributed by atoms with E-state index in [9.17, 15) is 0 Å². The van der Waals surface area contributed by atoms with E-state index in [1.165, 1.54) is 0 Å². The van der Waals surface area contributed by atoms with Crippen molar-refractivity contribution in [3.05, 3.63) is 39.6 Å². The zero-order valence-corrected chi connectivity index (χ0v) is 12.0. The molecule has 0 bridgehead atoms. The van der Waals surface area contributed by atoms with Gasteiger partial charge in [0.2, 0.25) is 0 Å². The highest BCUT2D eigenvalue weighted by atomic mass is 35.5. The molecule has 1 heterocycles. The lowest BCUT2D eigenvalue weighted by Crippen LogP contribution is -2.38. The van der Waals surface area contributed by atoms with Crippen LogP contribution in [0.5, 0.6) is 5.75 Å². The molecule has 0 saturated carbocycles. The van der Waals surface area contributed by atoms with Gasteiger partial charge in [-0.05, 0) is 17.7 Å². The average molecular weight is 301 g/mol. The number of rotatable bonds is 3. The number of halogens is 2. The van der Waals surface area contributed by atoms with Crippen LogP contribution in [-0.4, -0.2) is 20.1 Å². The van der Waals surface area contributed by atoms with E-state index in [1.54, 1.807) is 26.3 Å². The zero-order chi connectivity index (χ0) is 14.0. The van der Waals surface area contributed by atoms with Gasteiger partial charge < -0.3 is 21.1 Å². The number of aliphatic imine (C=N–C) groups is 1. The summed E-state index contributed by atoms with van der Waals surface area (Å²) in [5.41, 5.74) is 6.53. The molecule has 0 aliphatic carbocycles. The Hall–Kier alpha value is -1.59. The van der Waals surface area contributed by atoms with E-state index in [2.05, 4.69) is 15.6 Å². The molecular formula is C12H14Cl2N4O. The number of nitrogens with two attached hydrogens (primary N) is 1. The van der Waals surface area contributed by atoms with Crippen LogP contribution in [0.15, 0.2) is 29.0 Å². The Morgan fingerprint density at radius 3 is 2.74 bits per heavy atom. The van der Waals surface area contributed by atoms with Crippen LogP contribution in [-0.2, 0) is 0 Å². The number of hydrogen-bond donors (Lipinski definition) is 3. The van der Waals surface area contributed by atoms with E-state index in [-0.39, 0.29) is 6.04 Å². The van der Waals surface area contributed by atoms with E-state index in [0.717, 1.165) is 5.56 Å². The number of hydrogen-bond acceptors (Lipinski definition) is 5. The summed E-state index contributed by atoms with van der Waals surface area (Å²) in [5, 5.41) is 7.01. The maximum atomic E-state index is 6.24. The van der Waals surface area contributed by atoms with E-state index in [0.29, 0.717) is 27.6 Å². The van der Waals surface area contributed by atoms with Gasteiger partial charge in [-0.3, -0.25) is 0 Å². The van der Waals surface area contributed by atoms with E-state index >= 15 is 0 Å². The third kappa shape index (κ3) is 2.88. The van der Waals surface area contributed by atoms with Crippen LogP contribution in [0, 0.1) is 0 Å². The normalized spacial score (nSPS) is 18.2. The van der Waals surface area contributed by atoms with Crippen LogP contribution in [0.25, 0.3) is 0 Å². The third-order valence-corrected chi connectivity index (χ3v) is 3.35. The standard InChI is InChI=1S/C12H14Cl2N4O/c1-16-11-5-9(17-12(15)18-11)6-3-8(14)10(19-2)4-7(6)13/h3-5,9,16H,1-2H3,(H3,15,17,18). The Balaban J connectivity index is 2.40. The molecule has 4 N–H and O–H groups in total. The minimum atomic E-state index is -0.198. The Bertz CT molecular complexity index is 557. The molecule has 0 saturated heterocycles. The first kappa shape index (κ1) is 13.8. The van der Waals surface area contributed by atoms with Crippen LogP contribution in [0.2, 0.25) is 10.0 Å². The lowest BCUT2D eigenvalue weighted by atomic mass is 10.1. The van der Waals surface area contributed by atoms with Gasteiger partial charge >= 0.3 is 0 Å². The molecule has 0 aromatic heterocycles. The minimum absolute atomic E-state index is 0.198. The largest absolute Gasteiger partial charge is 0.495 e. The molecular weight excluding hydrogens is 287 g/mol. The molecule has 1 aliphatic heterocycles. The van der Waals surface area contributed by atoms with Crippen molar-refractivity contribution in [2.24, 2.45) is 10.7 Å². The average Bonchev–Trinajstić information content (AvgIpc) is 2.40. The second-order valence-electron chi connectivity index (χ2n) is 3.93. The maximum absolute atomic E-state index is 6.24. The minimum Gasteiger partial charge on any atom is -0.495 e. The van der Waals surface area contributed by atoms with Gasteiger partial charge in [0.15, 0.2) is 5.96 Å². The third-order valence-electron chi connectivity index (χ3n) is 2.73. The van der Waals surface area contributed by atoms with Crippen molar-refractivity contribution in [3.8, 4) is 5.75 Å². The van der Waals surface area contributed by atoms with Crippen LogP contribution in [0.4, 0.5) is 0 Å². The number of nitrogens with one attached hydrogen (secondary N) is 2. The fourth-order valence-corrected chi connectivity index (χ4v) is 2.32. The van der Waals surface area contributed by atoms with Crippen LogP contribution < -0.4 is 21.1 Å². The number of nitrogens with zero attached hydrogens (tertiary/aromatic N) is 1. The summed E-state index contributed by atoms with van der Waals surface area (Å²) in [6.45, 7) is 0. The van der Waals surface area contributed by atoms with Gasteiger partial charge in [-0.1, -0.05) is 23.2 Å². The fourth-order valence-electron chi connectivity index (χ4n) is 1.80. The predicted octanol–water partition coefficient (Wildman–Crippen LogP) is 2.02. The Morgan fingerprint density at radius 2 is 2.11 bits per heavy atom. The molecule has 1 aromatic rings. The summed E-state index contributed by atoms with van der Waals surface area (Å²) in [4.78, 5) is 4.09. The first-order chi connectivity index (χ1) is 9.05. The fraction of sp³-hybridized carbons (Fsp3) is 0.250.